The van der Waals surface area contributed by atoms with Crippen LogP contribution >= 0.6 is 0 Å². The molecule has 1 aliphatic rings. The van der Waals surface area contributed by atoms with Crippen LogP contribution in [0.4, 0.5) is 5.82 Å². The number of anilines is 1. The van der Waals surface area contributed by atoms with Crippen molar-refractivity contribution in [3.63, 3.8) is 0 Å². The molecule has 0 atom stereocenters. The van der Waals surface area contributed by atoms with Gasteiger partial charge in [0, 0.05) is 11.8 Å². The molecule has 4 heteroatoms. The summed E-state index contributed by atoms with van der Waals surface area (Å²) in [6, 6.07) is 0. The Labute approximate surface area is 106 Å². The number of nitrogens with two attached hydrogens (primary N) is 1. The fourth-order valence-corrected chi connectivity index (χ4v) is 2.55. The van der Waals surface area contributed by atoms with Crippen LogP contribution in [-0.4, -0.2) is 14.5 Å². The lowest BCUT2D eigenvalue weighted by molar-refractivity contribution is 0.532. The van der Waals surface area contributed by atoms with Crippen molar-refractivity contribution in [2.45, 2.75) is 33.2 Å². The molecule has 2 aromatic heterocycles. The van der Waals surface area contributed by atoms with E-state index in [4.69, 9.17) is 5.73 Å². The summed E-state index contributed by atoms with van der Waals surface area (Å²) in [6.07, 6.45) is 8.41. The van der Waals surface area contributed by atoms with Crippen molar-refractivity contribution in [3.8, 4) is 0 Å². The Bertz CT molecular complexity index is 709. The molecule has 0 saturated heterocycles. The lowest BCUT2D eigenvalue weighted by atomic mass is 10.1. The van der Waals surface area contributed by atoms with Gasteiger partial charge < -0.3 is 10.3 Å². The molecule has 0 spiro atoms. The van der Waals surface area contributed by atoms with Crippen molar-refractivity contribution in [1.29, 1.82) is 0 Å². The zero-order valence-electron chi connectivity index (χ0n) is 10.8. The summed E-state index contributed by atoms with van der Waals surface area (Å²) in [5.41, 5.74) is 7.98. The molecular weight excluding hydrogens is 224 g/mol. The minimum atomic E-state index is 0.540. The number of pyridine rings is 1. The maximum atomic E-state index is 6.00. The zero-order valence-corrected chi connectivity index (χ0v) is 10.8. The highest BCUT2D eigenvalue weighted by molar-refractivity contribution is 5.86. The molecule has 2 N–H and O–H groups in total. The van der Waals surface area contributed by atoms with Crippen LogP contribution in [-0.2, 0) is 6.54 Å². The first-order chi connectivity index (χ1) is 8.66. The van der Waals surface area contributed by atoms with Crippen molar-refractivity contribution in [3.05, 3.63) is 16.9 Å². The molecular formula is C14H18N4. The summed E-state index contributed by atoms with van der Waals surface area (Å²) in [4.78, 5) is 8.87. The second-order valence-electron chi connectivity index (χ2n) is 5.27. The normalized spacial score (nSPS) is 14.4. The molecule has 94 valence electrons. The van der Waals surface area contributed by atoms with E-state index in [2.05, 4.69) is 40.5 Å². The first-order valence-corrected chi connectivity index (χ1v) is 6.47. The van der Waals surface area contributed by atoms with Gasteiger partial charge in [0.05, 0.1) is 17.2 Å². The van der Waals surface area contributed by atoms with E-state index in [0.29, 0.717) is 11.7 Å². The maximum absolute atomic E-state index is 6.00. The van der Waals surface area contributed by atoms with Gasteiger partial charge in [0.25, 0.3) is 0 Å². The number of imidazole rings is 1. The SMILES string of the molecule is CC(C)Cn1cnc2c(N)nc3c(c21)=CCCC=3. The number of fused-ring (bicyclic) bond motifs is 3. The van der Waals surface area contributed by atoms with Gasteiger partial charge in [-0.15, -0.1) is 0 Å². The average molecular weight is 242 g/mol. The van der Waals surface area contributed by atoms with Gasteiger partial charge in [-0.2, -0.15) is 0 Å². The van der Waals surface area contributed by atoms with Crippen molar-refractivity contribution < 1.29 is 0 Å². The van der Waals surface area contributed by atoms with Gasteiger partial charge in [-0.1, -0.05) is 26.0 Å². The Morgan fingerprint density at radius 1 is 1.33 bits per heavy atom. The highest BCUT2D eigenvalue weighted by Gasteiger charge is 2.11. The number of hydrogen-bond donors (Lipinski definition) is 1. The van der Waals surface area contributed by atoms with Crippen LogP contribution in [0.3, 0.4) is 0 Å². The van der Waals surface area contributed by atoms with E-state index < -0.39 is 0 Å². The fourth-order valence-electron chi connectivity index (χ4n) is 2.55. The first kappa shape index (κ1) is 11.3. The monoisotopic (exact) mass is 242 g/mol. The Balaban J connectivity index is 2.39. The standard InChI is InChI=1S/C14H18N4/c1-9(2)7-18-8-16-12-13(18)10-5-3-4-6-11(10)17-14(12)15/h5-6,8-9H,3-4,7H2,1-2H3,(H2,15,17). The van der Waals surface area contributed by atoms with Gasteiger partial charge in [-0.25, -0.2) is 9.97 Å². The maximum Gasteiger partial charge on any atom is 0.152 e. The highest BCUT2D eigenvalue weighted by Crippen LogP contribution is 2.14. The Hall–Kier alpha value is -1.84. The van der Waals surface area contributed by atoms with Gasteiger partial charge in [0.15, 0.2) is 5.82 Å². The summed E-state index contributed by atoms with van der Waals surface area (Å²) in [5.74, 6) is 1.12. The molecule has 18 heavy (non-hydrogen) atoms. The van der Waals surface area contributed by atoms with Gasteiger partial charge in [0.2, 0.25) is 0 Å². The minimum absolute atomic E-state index is 0.540. The minimum Gasteiger partial charge on any atom is -0.382 e. The van der Waals surface area contributed by atoms with Crippen molar-refractivity contribution in [2.24, 2.45) is 5.92 Å². The molecule has 2 aromatic rings. The van der Waals surface area contributed by atoms with Gasteiger partial charge >= 0.3 is 0 Å². The third kappa shape index (κ3) is 1.68. The number of aromatic nitrogens is 3. The lowest BCUT2D eigenvalue weighted by Crippen LogP contribution is -2.33. The zero-order chi connectivity index (χ0) is 12.7. The quantitative estimate of drug-likeness (QED) is 0.855. The predicted octanol–water partition coefficient (Wildman–Crippen LogP) is 1.02. The molecule has 3 rings (SSSR count). The van der Waals surface area contributed by atoms with E-state index in [9.17, 15) is 0 Å². The Kier molecular flexibility index (Phi) is 2.58. The van der Waals surface area contributed by atoms with E-state index in [1.54, 1.807) is 0 Å². The summed E-state index contributed by atoms with van der Waals surface area (Å²) in [7, 11) is 0. The predicted molar refractivity (Wildman–Crippen MR) is 74.2 cm³/mol. The van der Waals surface area contributed by atoms with E-state index >= 15 is 0 Å². The molecule has 0 amide bonds. The van der Waals surface area contributed by atoms with Crippen molar-refractivity contribution >= 4 is 29.0 Å². The van der Waals surface area contributed by atoms with E-state index in [-0.39, 0.29) is 0 Å². The second-order valence-corrected chi connectivity index (χ2v) is 5.27. The number of hydrogen-bond acceptors (Lipinski definition) is 3. The van der Waals surface area contributed by atoms with Gasteiger partial charge in [-0.05, 0) is 18.8 Å². The van der Waals surface area contributed by atoms with Gasteiger partial charge in [-0.3, -0.25) is 0 Å². The molecule has 0 unspecified atom stereocenters. The number of nitrogens with zero attached hydrogens (tertiary/aromatic N) is 3. The van der Waals surface area contributed by atoms with Crippen molar-refractivity contribution in [1.82, 2.24) is 14.5 Å². The smallest absolute Gasteiger partial charge is 0.152 e. The first-order valence-electron chi connectivity index (χ1n) is 6.47. The summed E-state index contributed by atoms with van der Waals surface area (Å²) in [5, 5.41) is 2.21. The molecule has 0 fully saturated rings. The molecule has 0 aliphatic heterocycles. The van der Waals surface area contributed by atoms with E-state index in [1.807, 2.05) is 6.33 Å². The molecule has 1 aliphatic carbocycles. The van der Waals surface area contributed by atoms with Crippen molar-refractivity contribution in [2.75, 3.05) is 5.73 Å². The molecule has 0 saturated carbocycles. The van der Waals surface area contributed by atoms with Crippen LogP contribution in [0.1, 0.15) is 26.7 Å². The summed E-state index contributed by atoms with van der Waals surface area (Å²) in [6.45, 7) is 5.37. The summed E-state index contributed by atoms with van der Waals surface area (Å²) >= 11 is 0. The largest absolute Gasteiger partial charge is 0.382 e. The van der Waals surface area contributed by atoms with Crippen LogP contribution in [0, 0.1) is 5.92 Å². The van der Waals surface area contributed by atoms with Crippen LogP contribution in [0.15, 0.2) is 6.33 Å². The lowest BCUT2D eigenvalue weighted by Gasteiger charge is -2.09. The van der Waals surface area contributed by atoms with Gasteiger partial charge in [0.1, 0.15) is 5.52 Å². The highest BCUT2D eigenvalue weighted by atomic mass is 15.1. The third-order valence-electron chi connectivity index (χ3n) is 3.27. The van der Waals surface area contributed by atoms with Crippen LogP contribution < -0.4 is 16.3 Å². The molecule has 0 aromatic carbocycles. The summed E-state index contributed by atoms with van der Waals surface area (Å²) < 4.78 is 2.20. The van der Waals surface area contributed by atoms with Crippen LogP contribution in [0.5, 0.6) is 0 Å². The number of nitrogen functional groups attached to an aromatic ring is 1. The topological polar surface area (TPSA) is 56.7 Å². The molecule has 0 bridgehead atoms. The third-order valence-corrected chi connectivity index (χ3v) is 3.27. The van der Waals surface area contributed by atoms with E-state index in [0.717, 1.165) is 35.8 Å². The molecule has 2 heterocycles. The fraction of sp³-hybridized carbons (Fsp3) is 0.429. The number of rotatable bonds is 2. The molecule has 4 nitrogen and oxygen atoms in total. The van der Waals surface area contributed by atoms with Crippen LogP contribution in [0.2, 0.25) is 0 Å². The van der Waals surface area contributed by atoms with E-state index in [1.165, 1.54) is 5.22 Å². The Morgan fingerprint density at radius 3 is 2.89 bits per heavy atom. The second kappa shape index (κ2) is 4.12. The Morgan fingerprint density at radius 2 is 2.11 bits per heavy atom. The average Bonchev–Trinajstić information content (AvgIpc) is 2.73. The van der Waals surface area contributed by atoms with Crippen LogP contribution in [0.25, 0.3) is 23.2 Å². The molecule has 0 radical (unpaired) electrons.